The Morgan fingerprint density at radius 3 is 2.38 bits per heavy atom. The Morgan fingerprint density at radius 1 is 0.844 bits per heavy atom. The van der Waals surface area contributed by atoms with E-state index in [1.807, 2.05) is 65.6 Å². The predicted molar refractivity (Wildman–Crippen MR) is 122 cm³/mol. The second kappa shape index (κ2) is 8.41. The van der Waals surface area contributed by atoms with Gasteiger partial charge in [-0.25, -0.2) is 0 Å². The highest BCUT2D eigenvalue weighted by atomic mass is 16.2. The topological polar surface area (TPSA) is 64.4 Å². The summed E-state index contributed by atoms with van der Waals surface area (Å²) in [5.41, 5.74) is 5.59. The minimum absolute atomic E-state index is 0.00490. The van der Waals surface area contributed by atoms with Crippen LogP contribution in [0.15, 0.2) is 66.7 Å². The first-order valence-electron chi connectivity index (χ1n) is 10.9. The number of fused-ring (bicyclic) bond motifs is 3. The van der Waals surface area contributed by atoms with Crippen molar-refractivity contribution < 1.29 is 9.59 Å². The summed E-state index contributed by atoms with van der Waals surface area (Å²) in [5, 5.41) is 8.96. The number of hydrogen-bond acceptors (Lipinski definition) is 4. The molecular weight excluding hydrogens is 398 g/mol. The number of benzene rings is 3. The zero-order valence-corrected chi connectivity index (χ0v) is 17.8. The molecule has 0 spiro atoms. The highest BCUT2D eigenvalue weighted by Gasteiger charge is 2.28. The molecule has 1 aliphatic carbocycles. The van der Waals surface area contributed by atoms with Crippen LogP contribution in [0, 0.1) is 11.3 Å². The molecule has 158 valence electrons. The van der Waals surface area contributed by atoms with E-state index in [0.29, 0.717) is 35.3 Å². The van der Waals surface area contributed by atoms with Crippen LogP contribution in [0.5, 0.6) is 0 Å². The highest BCUT2D eigenvalue weighted by molar-refractivity contribution is 6.22. The zero-order chi connectivity index (χ0) is 22.1. The van der Waals surface area contributed by atoms with E-state index in [4.69, 9.17) is 5.26 Å². The van der Waals surface area contributed by atoms with Gasteiger partial charge in [-0.2, -0.15) is 5.26 Å². The number of carbonyl (C=O) groups is 2. The standard InChI is InChI=1S/C27H23N3O2/c28-17-19-6-8-20(9-7-19)18-29-12-3-13-30(15-14-29)27(32)21-10-11-23-22-4-1-2-5-24(22)26(31)25(23)16-21/h1-2,4-11,16H,3,12-15,18H2. The Morgan fingerprint density at radius 2 is 1.59 bits per heavy atom. The molecule has 0 atom stereocenters. The maximum Gasteiger partial charge on any atom is 0.253 e. The average Bonchev–Trinajstić information content (AvgIpc) is 2.97. The first-order valence-corrected chi connectivity index (χ1v) is 10.9. The molecule has 5 heteroatoms. The molecule has 5 nitrogen and oxygen atoms in total. The van der Waals surface area contributed by atoms with Crippen molar-refractivity contribution in [3.8, 4) is 17.2 Å². The number of nitriles is 1. The molecule has 0 aromatic heterocycles. The molecule has 0 saturated carbocycles. The molecule has 1 heterocycles. The summed E-state index contributed by atoms with van der Waals surface area (Å²) in [5.74, 6) is -0.0218. The van der Waals surface area contributed by atoms with Gasteiger partial charge in [-0.05, 0) is 47.4 Å². The third-order valence-corrected chi connectivity index (χ3v) is 6.34. The SMILES string of the molecule is N#Cc1ccc(CN2CCCN(C(=O)c3ccc4c(c3)C(=O)c3ccccc3-4)CC2)cc1. The first kappa shape index (κ1) is 20.2. The Labute approximate surface area is 187 Å². The smallest absolute Gasteiger partial charge is 0.253 e. The minimum atomic E-state index is -0.0169. The van der Waals surface area contributed by atoms with Crippen molar-refractivity contribution in [2.24, 2.45) is 0 Å². The summed E-state index contributed by atoms with van der Waals surface area (Å²) in [6.07, 6.45) is 0.900. The Kier molecular flexibility index (Phi) is 5.30. The Bertz CT molecular complexity index is 1240. The first-order chi connectivity index (χ1) is 15.6. The van der Waals surface area contributed by atoms with Crippen LogP contribution in [0.1, 0.15) is 43.8 Å². The molecule has 0 unspecified atom stereocenters. The number of ketones is 1. The second-order valence-electron chi connectivity index (χ2n) is 8.37. The largest absolute Gasteiger partial charge is 0.337 e. The molecule has 1 amide bonds. The summed E-state index contributed by atoms with van der Waals surface area (Å²) in [4.78, 5) is 30.3. The lowest BCUT2D eigenvalue weighted by Gasteiger charge is -2.22. The lowest BCUT2D eigenvalue weighted by Crippen LogP contribution is -2.35. The average molecular weight is 422 g/mol. The molecule has 0 radical (unpaired) electrons. The fourth-order valence-electron chi connectivity index (χ4n) is 4.62. The van der Waals surface area contributed by atoms with Gasteiger partial charge in [-0.1, -0.05) is 42.5 Å². The van der Waals surface area contributed by atoms with Crippen molar-refractivity contribution in [1.29, 1.82) is 5.26 Å². The van der Waals surface area contributed by atoms with Crippen molar-refractivity contribution in [3.05, 3.63) is 94.5 Å². The van der Waals surface area contributed by atoms with Crippen LogP contribution in [0.4, 0.5) is 0 Å². The number of nitrogens with zero attached hydrogens (tertiary/aromatic N) is 3. The Balaban J connectivity index is 1.27. The maximum atomic E-state index is 13.2. The van der Waals surface area contributed by atoms with Crippen LogP contribution in [0.2, 0.25) is 0 Å². The molecule has 5 rings (SSSR count). The van der Waals surface area contributed by atoms with Crippen LogP contribution in [-0.2, 0) is 6.54 Å². The van der Waals surface area contributed by atoms with Crippen molar-refractivity contribution in [2.45, 2.75) is 13.0 Å². The van der Waals surface area contributed by atoms with Crippen molar-refractivity contribution in [3.63, 3.8) is 0 Å². The fourth-order valence-corrected chi connectivity index (χ4v) is 4.62. The third kappa shape index (κ3) is 3.70. The molecule has 1 aliphatic heterocycles. The van der Waals surface area contributed by atoms with Gasteiger partial charge < -0.3 is 4.90 Å². The van der Waals surface area contributed by atoms with Crippen LogP contribution in [0.3, 0.4) is 0 Å². The highest BCUT2D eigenvalue weighted by Crippen LogP contribution is 2.36. The van der Waals surface area contributed by atoms with Crippen LogP contribution >= 0.6 is 0 Å². The molecular formula is C27H23N3O2. The summed E-state index contributed by atoms with van der Waals surface area (Å²) < 4.78 is 0. The van der Waals surface area contributed by atoms with Crippen LogP contribution < -0.4 is 0 Å². The van der Waals surface area contributed by atoms with Gasteiger partial charge in [0, 0.05) is 49.4 Å². The summed E-state index contributed by atoms with van der Waals surface area (Å²) in [6.45, 7) is 3.87. The summed E-state index contributed by atoms with van der Waals surface area (Å²) in [6, 6.07) is 22.9. The van der Waals surface area contributed by atoms with Crippen molar-refractivity contribution >= 4 is 11.7 Å². The number of carbonyl (C=O) groups excluding carboxylic acids is 2. The molecule has 3 aromatic carbocycles. The minimum Gasteiger partial charge on any atom is -0.337 e. The van der Waals surface area contributed by atoms with E-state index in [-0.39, 0.29) is 11.7 Å². The quantitative estimate of drug-likeness (QED) is 0.499. The molecule has 1 saturated heterocycles. The predicted octanol–water partition coefficient (Wildman–Crippen LogP) is 4.12. The molecule has 2 aliphatic rings. The normalized spacial score (nSPS) is 15.6. The number of hydrogen-bond donors (Lipinski definition) is 0. The zero-order valence-electron chi connectivity index (χ0n) is 17.8. The Hall–Kier alpha value is -3.75. The van der Waals surface area contributed by atoms with E-state index in [1.165, 1.54) is 5.56 Å². The second-order valence-corrected chi connectivity index (χ2v) is 8.37. The lowest BCUT2D eigenvalue weighted by molar-refractivity contribution is 0.0761. The molecule has 3 aromatic rings. The summed E-state index contributed by atoms with van der Waals surface area (Å²) >= 11 is 0. The molecule has 0 N–H and O–H groups in total. The molecule has 32 heavy (non-hydrogen) atoms. The van der Waals surface area contributed by atoms with Gasteiger partial charge >= 0.3 is 0 Å². The van der Waals surface area contributed by atoms with E-state index in [9.17, 15) is 9.59 Å². The lowest BCUT2D eigenvalue weighted by atomic mass is 10.0. The van der Waals surface area contributed by atoms with E-state index < -0.39 is 0 Å². The van der Waals surface area contributed by atoms with E-state index in [1.54, 1.807) is 6.07 Å². The van der Waals surface area contributed by atoms with Gasteiger partial charge in [-0.15, -0.1) is 0 Å². The van der Waals surface area contributed by atoms with Gasteiger partial charge in [0.25, 0.3) is 5.91 Å². The van der Waals surface area contributed by atoms with E-state index in [2.05, 4.69) is 11.0 Å². The molecule has 0 bridgehead atoms. The van der Waals surface area contributed by atoms with E-state index >= 15 is 0 Å². The van der Waals surface area contributed by atoms with Gasteiger partial charge in [0.2, 0.25) is 0 Å². The monoisotopic (exact) mass is 421 g/mol. The number of rotatable bonds is 3. The van der Waals surface area contributed by atoms with Crippen LogP contribution in [-0.4, -0.2) is 47.7 Å². The van der Waals surface area contributed by atoms with Gasteiger partial charge in [-0.3, -0.25) is 14.5 Å². The van der Waals surface area contributed by atoms with E-state index in [0.717, 1.165) is 37.2 Å². The van der Waals surface area contributed by atoms with Crippen molar-refractivity contribution in [2.75, 3.05) is 26.2 Å². The van der Waals surface area contributed by atoms with Gasteiger partial charge in [0.1, 0.15) is 0 Å². The van der Waals surface area contributed by atoms with Gasteiger partial charge in [0.15, 0.2) is 5.78 Å². The van der Waals surface area contributed by atoms with Crippen LogP contribution in [0.25, 0.3) is 11.1 Å². The fraction of sp³-hybridized carbons (Fsp3) is 0.222. The third-order valence-electron chi connectivity index (χ3n) is 6.34. The maximum absolute atomic E-state index is 13.2. The van der Waals surface area contributed by atoms with Gasteiger partial charge in [0.05, 0.1) is 11.6 Å². The summed E-state index contributed by atoms with van der Waals surface area (Å²) in [7, 11) is 0. The molecule has 1 fully saturated rings. The van der Waals surface area contributed by atoms with Crippen molar-refractivity contribution in [1.82, 2.24) is 9.80 Å². The number of amides is 1.